The van der Waals surface area contributed by atoms with E-state index in [4.69, 9.17) is 11.6 Å². The van der Waals surface area contributed by atoms with Crippen molar-refractivity contribution in [2.45, 2.75) is 35.4 Å². The molecule has 7 heteroatoms. The molecule has 1 fully saturated rings. The van der Waals surface area contributed by atoms with Gasteiger partial charge in [0, 0.05) is 11.6 Å². The van der Waals surface area contributed by atoms with E-state index < -0.39 is 9.84 Å². The number of benzene rings is 2. The third-order valence-electron chi connectivity index (χ3n) is 5.00. The summed E-state index contributed by atoms with van der Waals surface area (Å²) in [5.74, 6) is -0.109. The first kappa shape index (κ1) is 18.5. The van der Waals surface area contributed by atoms with E-state index >= 15 is 0 Å². The van der Waals surface area contributed by atoms with E-state index in [-0.39, 0.29) is 16.2 Å². The highest BCUT2D eigenvalue weighted by molar-refractivity contribution is 7.90. The fourth-order valence-electron chi connectivity index (χ4n) is 3.39. The van der Waals surface area contributed by atoms with E-state index in [1.54, 1.807) is 23.7 Å². The minimum atomic E-state index is -3.47. The maximum atomic E-state index is 12.6. The summed E-state index contributed by atoms with van der Waals surface area (Å²) >= 11 is 7.78. The first-order valence-electron chi connectivity index (χ1n) is 8.73. The number of nitrogens with one attached hydrogen (secondary N) is 1. The molecule has 27 heavy (non-hydrogen) atoms. The topological polar surface area (TPSA) is 59.1 Å². The fourth-order valence-corrected chi connectivity index (χ4v) is 5.96. The van der Waals surface area contributed by atoms with E-state index in [9.17, 15) is 8.42 Å². The summed E-state index contributed by atoms with van der Waals surface area (Å²) in [5.41, 5.74) is 1.85. The van der Waals surface area contributed by atoms with E-state index in [2.05, 4.69) is 22.4 Å². The number of thiazole rings is 1. The van der Waals surface area contributed by atoms with Gasteiger partial charge in [0.25, 0.3) is 0 Å². The van der Waals surface area contributed by atoms with Crippen molar-refractivity contribution in [2.24, 2.45) is 0 Å². The van der Waals surface area contributed by atoms with E-state index in [0.717, 1.165) is 24.9 Å². The molecule has 0 atom stereocenters. The number of nitrogens with zero attached hydrogens (tertiary/aromatic N) is 1. The van der Waals surface area contributed by atoms with E-state index in [1.807, 2.05) is 18.2 Å². The molecule has 1 aliphatic rings. The predicted molar refractivity (Wildman–Crippen MR) is 110 cm³/mol. The molecule has 0 bridgehead atoms. The van der Waals surface area contributed by atoms with E-state index in [0.29, 0.717) is 10.0 Å². The monoisotopic (exact) mass is 418 g/mol. The highest BCUT2D eigenvalue weighted by Crippen LogP contribution is 2.45. The molecule has 0 radical (unpaired) electrons. The molecule has 0 unspecified atom stereocenters. The van der Waals surface area contributed by atoms with Crippen LogP contribution in [0.25, 0.3) is 0 Å². The highest BCUT2D eigenvalue weighted by atomic mass is 35.5. The third-order valence-corrected chi connectivity index (χ3v) is 7.90. The molecule has 0 amide bonds. The second-order valence-corrected chi connectivity index (χ2v) is 10.1. The largest absolute Gasteiger partial charge is 0.374 e. The molecular formula is C20H19ClN2O2S2. The first-order chi connectivity index (χ1) is 13.0. The first-order valence-corrected chi connectivity index (χ1v) is 11.6. The summed E-state index contributed by atoms with van der Waals surface area (Å²) in [7, 11) is -3.47. The van der Waals surface area contributed by atoms with Gasteiger partial charge in [-0.25, -0.2) is 13.4 Å². The Labute approximate surface area is 168 Å². The lowest BCUT2D eigenvalue weighted by atomic mass is 9.71. The van der Waals surface area contributed by atoms with Gasteiger partial charge in [0.15, 0.2) is 9.84 Å². The number of rotatable bonds is 6. The molecule has 140 valence electrons. The highest BCUT2D eigenvalue weighted by Gasteiger charge is 2.38. The second kappa shape index (κ2) is 7.26. The molecule has 3 aromatic rings. The number of halogens is 1. The number of sulfone groups is 1. The van der Waals surface area contributed by atoms with Gasteiger partial charge in [-0.2, -0.15) is 0 Å². The van der Waals surface area contributed by atoms with Gasteiger partial charge < -0.3 is 5.32 Å². The van der Waals surface area contributed by atoms with Crippen LogP contribution < -0.4 is 5.32 Å². The van der Waals surface area contributed by atoms with Gasteiger partial charge in [0.2, 0.25) is 0 Å². The molecule has 1 saturated carbocycles. The molecule has 4 nitrogen and oxygen atoms in total. The maximum absolute atomic E-state index is 12.6. The Morgan fingerprint density at radius 2 is 1.93 bits per heavy atom. The number of anilines is 1. The third kappa shape index (κ3) is 3.74. The molecule has 1 N–H and O–H groups in total. The molecule has 4 rings (SSSR count). The Morgan fingerprint density at radius 1 is 1.15 bits per heavy atom. The predicted octanol–water partition coefficient (Wildman–Crippen LogP) is 5.26. The zero-order chi connectivity index (χ0) is 18.9. The summed E-state index contributed by atoms with van der Waals surface area (Å²) in [6, 6.07) is 15.2. The fraction of sp³-hybridized carbons (Fsp3) is 0.250. The van der Waals surface area contributed by atoms with Gasteiger partial charge in [0.1, 0.15) is 10.8 Å². The van der Waals surface area contributed by atoms with Gasteiger partial charge >= 0.3 is 0 Å². The minimum absolute atomic E-state index is 0.109. The molecule has 1 heterocycles. The molecule has 0 saturated heterocycles. The van der Waals surface area contributed by atoms with E-state index in [1.165, 1.54) is 23.0 Å². The van der Waals surface area contributed by atoms with Crippen LogP contribution in [0.4, 0.5) is 5.69 Å². The van der Waals surface area contributed by atoms with Crippen LogP contribution in [0, 0.1) is 0 Å². The second-order valence-electron chi connectivity index (χ2n) is 6.75. The number of hydrogen-bond donors (Lipinski definition) is 1. The van der Waals surface area contributed by atoms with Gasteiger partial charge in [-0.1, -0.05) is 41.9 Å². The van der Waals surface area contributed by atoms with Crippen LogP contribution in [-0.2, 0) is 21.1 Å². The Morgan fingerprint density at radius 3 is 2.52 bits per heavy atom. The summed E-state index contributed by atoms with van der Waals surface area (Å²) in [6.45, 7) is 0. The van der Waals surface area contributed by atoms with Crippen LogP contribution >= 0.6 is 22.9 Å². The van der Waals surface area contributed by atoms with Crippen molar-refractivity contribution >= 4 is 38.5 Å². The minimum Gasteiger partial charge on any atom is -0.374 e. The van der Waals surface area contributed by atoms with Crippen molar-refractivity contribution in [1.29, 1.82) is 0 Å². The molecule has 2 aromatic carbocycles. The van der Waals surface area contributed by atoms with Crippen LogP contribution in [0.5, 0.6) is 0 Å². The van der Waals surface area contributed by atoms with Crippen molar-refractivity contribution in [1.82, 2.24) is 4.98 Å². The summed E-state index contributed by atoms with van der Waals surface area (Å²) in [5, 5.41) is 6.32. The van der Waals surface area contributed by atoms with Gasteiger partial charge in [-0.05, 0) is 43.0 Å². The zero-order valence-electron chi connectivity index (χ0n) is 14.6. The van der Waals surface area contributed by atoms with Crippen LogP contribution in [0.3, 0.4) is 0 Å². The van der Waals surface area contributed by atoms with Crippen LogP contribution in [0.15, 0.2) is 65.0 Å². The summed E-state index contributed by atoms with van der Waals surface area (Å²) in [6.07, 6.45) is 4.81. The quantitative estimate of drug-likeness (QED) is 0.593. The standard InChI is InChI=1S/C20H19ClN2O2S2/c21-17-13-16(27(24,25)14-19-22-11-12-26-19)7-8-18(17)23-20(9-4-10-20)15-5-2-1-3-6-15/h1-3,5-8,11-13,23H,4,9-10,14H2. The Balaban J connectivity index is 1.59. The summed E-state index contributed by atoms with van der Waals surface area (Å²) in [4.78, 5) is 4.28. The molecule has 1 aromatic heterocycles. The molecular weight excluding hydrogens is 400 g/mol. The maximum Gasteiger partial charge on any atom is 0.184 e. The van der Waals surface area contributed by atoms with Crippen molar-refractivity contribution in [3.05, 3.63) is 75.7 Å². The molecule has 1 aliphatic carbocycles. The van der Waals surface area contributed by atoms with Crippen molar-refractivity contribution in [3.63, 3.8) is 0 Å². The summed E-state index contributed by atoms with van der Waals surface area (Å²) < 4.78 is 25.2. The van der Waals surface area contributed by atoms with Crippen LogP contribution in [0.1, 0.15) is 29.8 Å². The van der Waals surface area contributed by atoms with Crippen molar-refractivity contribution in [3.8, 4) is 0 Å². The Hall–Kier alpha value is -1.89. The lowest BCUT2D eigenvalue weighted by Crippen LogP contribution is -2.42. The Bertz CT molecular complexity index is 1030. The van der Waals surface area contributed by atoms with Crippen molar-refractivity contribution < 1.29 is 8.42 Å². The zero-order valence-corrected chi connectivity index (χ0v) is 16.9. The average molecular weight is 419 g/mol. The van der Waals surface area contributed by atoms with Crippen LogP contribution in [0.2, 0.25) is 5.02 Å². The van der Waals surface area contributed by atoms with Gasteiger partial charge in [0.05, 0.1) is 21.1 Å². The average Bonchev–Trinajstić information content (AvgIpc) is 3.12. The van der Waals surface area contributed by atoms with Gasteiger partial charge in [-0.3, -0.25) is 0 Å². The molecule has 0 spiro atoms. The van der Waals surface area contributed by atoms with Crippen molar-refractivity contribution in [2.75, 3.05) is 5.32 Å². The lowest BCUT2D eigenvalue weighted by Gasteiger charge is -2.44. The van der Waals surface area contributed by atoms with Gasteiger partial charge in [-0.15, -0.1) is 11.3 Å². The Kier molecular flexibility index (Phi) is 4.97. The smallest absolute Gasteiger partial charge is 0.184 e. The number of hydrogen-bond acceptors (Lipinski definition) is 5. The number of aromatic nitrogens is 1. The molecule has 0 aliphatic heterocycles. The normalized spacial score (nSPS) is 15.9. The lowest BCUT2D eigenvalue weighted by molar-refractivity contribution is 0.284. The SMILES string of the molecule is O=S(=O)(Cc1nccs1)c1ccc(NC2(c3ccccc3)CCC2)c(Cl)c1. The van der Waals surface area contributed by atoms with Crippen LogP contribution in [-0.4, -0.2) is 13.4 Å².